The van der Waals surface area contributed by atoms with E-state index in [-0.39, 0.29) is 13.0 Å². The Kier molecular flexibility index (Phi) is 7.53. The van der Waals surface area contributed by atoms with Gasteiger partial charge in [-0.15, -0.1) is 0 Å². The first-order chi connectivity index (χ1) is 13.2. The van der Waals surface area contributed by atoms with Gasteiger partial charge in [0.2, 0.25) is 6.41 Å². The first kappa shape index (κ1) is 21.8. The molecule has 150 valence electrons. The fourth-order valence-electron chi connectivity index (χ4n) is 2.48. The summed E-state index contributed by atoms with van der Waals surface area (Å²) < 4.78 is 31.1. The minimum absolute atomic E-state index is 0.0333. The van der Waals surface area contributed by atoms with E-state index in [0.717, 1.165) is 28.9 Å². The Hall–Kier alpha value is -2.45. The number of hydrazine groups is 1. The minimum atomic E-state index is -4.00. The van der Waals surface area contributed by atoms with Gasteiger partial charge in [0.25, 0.3) is 0 Å². The number of hydrogen-bond donors (Lipinski definition) is 3. The zero-order chi connectivity index (χ0) is 20.7. The Bertz CT molecular complexity index is 833. The Morgan fingerprint density at radius 1 is 1.18 bits per heavy atom. The molecule has 0 fully saturated rings. The number of halogens is 5. The van der Waals surface area contributed by atoms with Crippen LogP contribution in [-0.2, 0) is 4.79 Å². The predicted octanol–water partition coefficient (Wildman–Crippen LogP) is 5.07. The molecule has 3 N–H and O–H groups in total. The van der Waals surface area contributed by atoms with Crippen molar-refractivity contribution in [3.8, 4) is 0 Å². The molecule has 1 aliphatic rings. The number of benzene rings is 2. The quantitative estimate of drug-likeness (QED) is 0.456. The lowest BCUT2D eigenvalue weighted by Gasteiger charge is -2.11. The first-order valence-electron chi connectivity index (χ1n) is 8.06. The molecule has 28 heavy (non-hydrogen) atoms. The summed E-state index contributed by atoms with van der Waals surface area (Å²) in [5, 5.41) is 5.62. The molecule has 1 unspecified atom stereocenters. The van der Waals surface area contributed by atoms with Crippen LogP contribution in [0.2, 0.25) is 10.0 Å². The van der Waals surface area contributed by atoms with Crippen molar-refractivity contribution < 1.29 is 18.0 Å². The lowest BCUT2D eigenvalue weighted by molar-refractivity contribution is -0.110. The number of nitrogens with one attached hydrogen (secondary N) is 3. The third-order valence-corrected chi connectivity index (χ3v) is 3.95. The highest BCUT2D eigenvalue weighted by atomic mass is 35.5. The molecule has 0 aliphatic carbocycles. The molecule has 2 aromatic rings. The summed E-state index contributed by atoms with van der Waals surface area (Å²) >= 11 is 12.1. The zero-order valence-electron chi connectivity index (χ0n) is 14.6. The summed E-state index contributed by atoms with van der Waals surface area (Å²) in [4.78, 5) is 10.3. The van der Waals surface area contributed by atoms with Gasteiger partial charge in [-0.2, -0.15) is 18.3 Å². The topological polar surface area (TPSA) is 65.5 Å². The highest BCUT2D eigenvalue weighted by Gasteiger charge is 2.22. The summed E-state index contributed by atoms with van der Waals surface area (Å²) in [5.74, 6) is 0. The number of nitrogens with zero attached hydrogens (tertiary/aromatic N) is 1. The van der Waals surface area contributed by atoms with Crippen LogP contribution in [-0.4, -0.2) is 18.3 Å². The Morgan fingerprint density at radius 2 is 1.82 bits per heavy atom. The fraction of sp³-hybridized carbons (Fsp3) is 0.222. The molecule has 0 spiro atoms. The molecule has 1 atom stereocenters. The molecule has 0 radical (unpaired) electrons. The van der Waals surface area contributed by atoms with Crippen molar-refractivity contribution in [1.29, 1.82) is 0 Å². The predicted molar refractivity (Wildman–Crippen MR) is 104 cm³/mol. The normalized spacial score (nSPS) is 15.6. The van der Waals surface area contributed by atoms with Crippen LogP contribution in [0.4, 0.5) is 18.9 Å². The van der Waals surface area contributed by atoms with Gasteiger partial charge in [0.05, 0.1) is 17.4 Å². The molecule has 1 aliphatic heterocycles. The van der Waals surface area contributed by atoms with Gasteiger partial charge < -0.3 is 5.43 Å². The zero-order valence-corrected chi connectivity index (χ0v) is 16.2. The van der Waals surface area contributed by atoms with E-state index in [9.17, 15) is 18.0 Å². The number of alkyl halides is 3. The van der Waals surface area contributed by atoms with Gasteiger partial charge in [-0.1, -0.05) is 35.3 Å². The summed E-state index contributed by atoms with van der Waals surface area (Å²) in [6, 6.07) is 13.2. The van der Waals surface area contributed by atoms with Crippen molar-refractivity contribution in [1.82, 2.24) is 10.9 Å². The van der Waals surface area contributed by atoms with E-state index in [2.05, 4.69) is 21.4 Å². The summed E-state index contributed by atoms with van der Waals surface area (Å²) in [5.41, 5.74) is 12.0. The Balaban J connectivity index is 0.000000500. The van der Waals surface area contributed by atoms with E-state index in [1.165, 1.54) is 0 Å². The van der Waals surface area contributed by atoms with Crippen LogP contribution in [0, 0.1) is 0 Å². The smallest absolute Gasteiger partial charge is 0.302 e. The highest BCUT2D eigenvalue weighted by molar-refractivity contribution is 6.34. The number of carbonyl (C=O) groups excluding carboxylic acids is 1. The van der Waals surface area contributed by atoms with Crippen molar-refractivity contribution in [3.63, 3.8) is 0 Å². The molecule has 3 rings (SSSR count). The number of carbonyl (C=O) groups is 1. The third-order valence-electron chi connectivity index (χ3n) is 3.51. The molecule has 1 amide bonds. The van der Waals surface area contributed by atoms with Gasteiger partial charge in [0.1, 0.15) is 0 Å². The highest BCUT2D eigenvalue weighted by Crippen LogP contribution is 2.29. The lowest BCUT2D eigenvalue weighted by Crippen LogP contribution is -2.19. The van der Waals surface area contributed by atoms with E-state index < -0.39 is 6.18 Å². The maximum Gasteiger partial charge on any atom is 0.386 e. The standard InChI is InChI=1S/C16H14Cl2N4O.C2H3F3/c17-12-4-11(5-13(18)7-12)16-8-15(21-22-16)10-2-1-3-14(6-10)20-19-9-23;1-2(3,4)5/h1-7,9,16,20,22H,8H2,(H,19,23);1H3. The van der Waals surface area contributed by atoms with Gasteiger partial charge >= 0.3 is 6.18 Å². The van der Waals surface area contributed by atoms with E-state index in [0.29, 0.717) is 16.5 Å². The van der Waals surface area contributed by atoms with Gasteiger partial charge in [0, 0.05) is 23.4 Å². The summed E-state index contributed by atoms with van der Waals surface area (Å²) in [6.07, 6.45) is -2.69. The van der Waals surface area contributed by atoms with Gasteiger partial charge in [0.15, 0.2) is 0 Å². The van der Waals surface area contributed by atoms with Gasteiger partial charge in [-0.25, -0.2) is 0 Å². The number of rotatable bonds is 5. The van der Waals surface area contributed by atoms with E-state index in [1.54, 1.807) is 6.07 Å². The lowest BCUT2D eigenvalue weighted by atomic mass is 9.99. The number of hydrazone groups is 1. The molecule has 1 heterocycles. The van der Waals surface area contributed by atoms with Crippen molar-refractivity contribution >= 4 is 41.0 Å². The number of anilines is 1. The minimum Gasteiger partial charge on any atom is -0.302 e. The third kappa shape index (κ3) is 7.28. The van der Waals surface area contributed by atoms with E-state index in [1.807, 2.05) is 36.4 Å². The van der Waals surface area contributed by atoms with Crippen LogP contribution in [0.25, 0.3) is 0 Å². The maximum absolute atomic E-state index is 10.4. The molecule has 10 heteroatoms. The van der Waals surface area contributed by atoms with Crippen LogP contribution in [0.5, 0.6) is 0 Å². The van der Waals surface area contributed by atoms with Gasteiger partial charge in [-0.05, 0) is 41.5 Å². The first-order valence-corrected chi connectivity index (χ1v) is 8.82. The van der Waals surface area contributed by atoms with Crippen LogP contribution < -0.4 is 16.3 Å². The molecular weight excluding hydrogens is 416 g/mol. The molecule has 0 aromatic heterocycles. The second-order valence-corrected chi connectivity index (χ2v) is 6.77. The van der Waals surface area contributed by atoms with Crippen molar-refractivity contribution in [3.05, 3.63) is 63.6 Å². The monoisotopic (exact) mass is 432 g/mol. The SMILES string of the molecule is CC(F)(F)F.O=CNNc1cccc(C2=NNC(c3cc(Cl)cc(Cl)c3)C2)c1. The molecule has 5 nitrogen and oxygen atoms in total. The molecule has 0 saturated heterocycles. The Morgan fingerprint density at radius 3 is 2.43 bits per heavy atom. The second-order valence-electron chi connectivity index (χ2n) is 5.90. The number of amides is 1. The van der Waals surface area contributed by atoms with E-state index >= 15 is 0 Å². The number of hydrogen-bond acceptors (Lipinski definition) is 4. The second kappa shape index (κ2) is 9.66. The Labute approximate surface area is 169 Å². The van der Waals surface area contributed by atoms with Crippen molar-refractivity contribution in [2.45, 2.75) is 25.6 Å². The fourth-order valence-corrected chi connectivity index (χ4v) is 3.02. The van der Waals surface area contributed by atoms with Crippen LogP contribution in [0.15, 0.2) is 47.6 Å². The maximum atomic E-state index is 10.4. The van der Waals surface area contributed by atoms with E-state index in [4.69, 9.17) is 23.2 Å². The molecular formula is C18H17Cl2F3N4O. The van der Waals surface area contributed by atoms with Crippen molar-refractivity contribution in [2.75, 3.05) is 5.43 Å². The van der Waals surface area contributed by atoms with Gasteiger partial charge in [-0.3, -0.25) is 15.6 Å². The summed E-state index contributed by atoms with van der Waals surface area (Å²) in [7, 11) is 0. The van der Waals surface area contributed by atoms with Crippen LogP contribution in [0.1, 0.15) is 30.5 Å². The molecule has 2 aromatic carbocycles. The van der Waals surface area contributed by atoms with Crippen LogP contribution in [0.3, 0.4) is 0 Å². The average Bonchev–Trinajstić information content (AvgIpc) is 3.08. The molecule has 0 bridgehead atoms. The van der Waals surface area contributed by atoms with Crippen LogP contribution >= 0.6 is 23.2 Å². The van der Waals surface area contributed by atoms with Crippen molar-refractivity contribution in [2.24, 2.45) is 5.10 Å². The summed E-state index contributed by atoms with van der Waals surface area (Å²) in [6.45, 7) is 0.188. The molecule has 0 saturated carbocycles. The average molecular weight is 433 g/mol. The largest absolute Gasteiger partial charge is 0.386 e.